The molecule has 3 aromatic rings. The first kappa shape index (κ1) is 16.7. The van der Waals surface area contributed by atoms with Gasteiger partial charge in [-0.2, -0.15) is 10.2 Å². The Labute approximate surface area is 154 Å². The topological polar surface area (TPSA) is 50.1 Å². The maximum absolute atomic E-state index is 4.73. The molecule has 134 valence electrons. The van der Waals surface area contributed by atoms with Crippen molar-refractivity contribution in [3.63, 3.8) is 0 Å². The molecule has 3 heterocycles. The summed E-state index contributed by atoms with van der Waals surface area (Å²) in [5.74, 6) is 0.971. The second-order valence-electron chi connectivity index (χ2n) is 6.83. The molecule has 0 radical (unpaired) electrons. The zero-order chi connectivity index (χ0) is 17.8. The molecule has 1 aromatic carbocycles. The van der Waals surface area contributed by atoms with E-state index in [1.165, 1.54) is 12.8 Å². The average molecular weight is 348 g/mol. The van der Waals surface area contributed by atoms with Gasteiger partial charge in [0.05, 0.1) is 11.4 Å². The molecule has 0 N–H and O–H groups in total. The molecule has 0 unspecified atom stereocenters. The molecular weight excluding hydrogens is 324 g/mol. The summed E-state index contributed by atoms with van der Waals surface area (Å²) in [6, 6.07) is 16.8. The number of likely N-dealkylation sites (N-methyl/N-ethyl adjacent to an activating group) is 1. The van der Waals surface area contributed by atoms with Crippen LogP contribution >= 0.6 is 0 Å². The van der Waals surface area contributed by atoms with Crippen molar-refractivity contribution >= 4 is 5.82 Å². The number of piperidine rings is 1. The Kier molecular flexibility index (Phi) is 4.93. The maximum atomic E-state index is 4.73. The molecule has 1 aliphatic heterocycles. The molecular formula is C20H24N6. The maximum Gasteiger partial charge on any atom is 0.151 e. The number of nitrogens with zero attached hydrogens (tertiary/aromatic N) is 6. The molecule has 4 rings (SSSR count). The van der Waals surface area contributed by atoms with Gasteiger partial charge in [0.25, 0.3) is 0 Å². The first-order chi connectivity index (χ1) is 12.8. The van der Waals surface area contributed by atoms with Gasteiger partial charge in [0.1, 0.15) is 0 Å². The van der Waals surface area contributed by atoms with Crippen LogP contribution in [0, 0.1) is 0 Å². The lowest BCUT2D eigenvalue weighted by molar-refractivity contribution is 0.205. The monoisotopic (exact) mass is 348 g/mol. The zero-order valence-corrected chi connectivity index (χ0v) is 15.1. The van der Waals surface area contributed by atoms with Crippen molar-refractivity contribution in [2.45, 2.75) is 25.4 Å². The highest BCUT2D eigenvalue weighted by Crippen LogP contribution is 2.20. The van der Waals surface area contributed by atoms with Gasteiger partial charge in [-0.3, -0.25) is 4.90 Å². The summed E-state index contributed by atoms with van der Waals surface area (Å²) in [6.07, 6.45) is 6.13. The van der Waals surface area contributed by atoms with Gasteiger partial charge >= 0.3 is 0 Å². The van der Waals surface area contributed by atoms with Gasteiger partial charge in [-0.1, -0.05) is 18.2 Å². The van der Waals surface area contributed by atoms with Crippen LogP contribution in [0.15, 0.2) is 60.9 Å². The number of para-hydroxylation sites is 1. The summed E-state index contributed by atoms with van der Waals surface area (Å²) in [5, 5.41) is 13.0. The predicted octanol–water partition coefficient (Wildman–Crippen LogP) is 2.76. The van der Waals surface area contributed by atoms with E-state index in [0.29, 0.717) is 6.04 Å². The standard InChI is InChI=1S/C20H24N6/c1-24(15-17-11-14-26(23-17)18-7-3-2-4-8-18)19-9-6-13-25(16-19)20-10-5-12-21-22-20/h2-5,7-8,10-12,14,19H,6,9,13,15-16H2,1H3/t19-/m1/s1. The molecule has 0 bridgehead atoms. The van der Waals surface area contributed by atoms with Crippen molar-refractivity contribution in [2.75, 3.05) is 25.0 Å². The number of anilines is 1. The number of rotatable bonds is 5. The van der Waals surface area contributed by atoms with Crippen molar-refractivity contribution in [1.29, 1.82) is 0 Å². The van der Waals surface area contributed by atoms with Crippen LogP contribution in [0.25, 0.3) is 5.69 Å². The first-order valence-electron chi connectivity index (χ1n) is 9.12. The Morgan fingerprint density at radius 3 is 2.81 bits per heavy atom. The highest BCUT2D eigenvalue weighted by atomic mass is 15.3. The molecule has 0 amide bonds. The SMILES string of the molecule is CN(Cc1ccn(-c2ccccc2)n1)[C@@H]1CCCN(c2cccnn2)C1. The van der Waals surface area contributed by atoms with Gasteiger partial charge in [-0.25, -0.2) is 4.68 Å². The molecule has 1 saturated heterocycles. The molecule has 0 spiro atoms. The lowest BCUT2D eigenvalue weighted by atomic mass is 10.0. The minimum absolute atomic E-state index is 0.493. The Hall–Kier alpha value is -2.73. The van der Waals surface area contributed by atoms with Crippen LogP contribution in [0.3, 0.4) is 0 Å². The highest BCUT2D eigenvalue weighted by Gasteiger charge is 2.24. The third kappa shape index (κ3) is 3.75. The summed E-state index contributed by atoms with van der Waals surface area (Å²) in [6.45, 7) is 2.87. The molecule has 0 aliphatic carbocycles. The van der Waals surface area contributed by atoms with Crippen LogP contribution < -0.4 is 4.90 Å². The van der Waals surface area contributed by atoms with E-state index in [-0.39, 0.29) is 0 Å². The van der Waals surface area contributed by atoms with Crippen LogP contribution in [0.4, 0.5) is 5.82 Å². The minimum atomic E-state index is 0.493. The molecule has 0 saturated carbocycles. The van der Waals surface area contributed by atoms with Gasteiger partial charge < -0.3 is 4.90 Å². The molecule has 1 aliphatic rings. The van der Waals surface area contributed by atoms with Gasteiger partial charge in [0.15, 0.2) is 5.82 Å². The fourth-order valence-electron chi connectivity index (χ4n) is 3.54. The van der Waals surface area contributed by atoms with E-state index in [9.17, 15) is 0 Å². The Morgan fingerprint density at radius 2 is 2.00 bits per heavy atom. The lowest BCUT2D eigenvalue weighted by Crippen LogP contribution is -2.46. The van der Waals surface area contributed by atoms with E-state index in [4.69, 9.17) is 5.10 Å². The lowest BCUT2D eigenvalue weighted by Gasteiger charge is -2.37. The van der Waals surface area contributed by atoms with Gasteiger partial charge in [0, 0.05) is 38.1 Å². The second-order valence-corrected chi connectivity index (χ2v) is 6.83. The fraction of sp³-hybridized carbons (Fsp3) is 0.350. The van der Waals surface area contributed by atoms with Crippen LogP contribution in [0.2, 0.25) is 0 Å². The van der Waals surface area contributed by atoms with E-state index < -0.39 is 0 Å². The molecule has 26 heavy (non-hydrogen) atoms. The summed E-state index contributed by atoms with van der Waals surface area (Å²) < 4.78 is 1.94. The number of aromatic nitrogens is 4. The first-order valence-corrected chi connectivity index (χ1v) is 9.12. The fourth-order valence-corrected chi connectivity index (χ4v) is 3.54. The second kappa shape index (κ2) is 7.66. The van der Waals surface area contributed by atoms with E-state index in [1.807, 2.05) is 41.2 Å². The van der Waals surface area contributed by atoms with Crippen molar-refractivity contribution in [2.24, 2.45) is 0 Å². The van der Waals surface area contributed by atoms with E-state index in [0.717, 1.165) is 36.8 Å². The largest absolute Gasteiger partial charge is 0.354 e. The Balaban J connectivity index is 1.40. The Bertz CT molecular complexity index is 817. The quantitative estimate of drug-likeness (QED) is 0.710. The van der Waals surface area contributed by atoms with E-state index >= 15 is 0 Å². The van der Waals surface area contributed by atoms with Crippen LogP contribution in [0.1, 0.15) is 18.5 Å². The molecule has 1 atom stereocenters. The van der Waals surface area contributed by atoms with Crippen LogP contribution in [-0.4, -0.2) is 51.1 Å². The summed E-state index contributed by atoms with van der Waals surface area (Å²) in [7, 11) is 2.19. The summed E-state index contributed by atoms with van der Waals surface area (Å²) in [4.78, 5) is 4.74. The minimum Gasteiger partial charge on any atom is -0.354 e. The number of hydrogen-bond donors (Lipinski definition) is 0. The molecule has 6 nitrogen and oxygen atoms in total. The van der Waals surface area contributed by atoms with Crippen molar-refractivity contribution in [1.82, 2.24) is 24.9 Å². The van der Waals surface area contributed by atoms with E-state index in [1.54, 1.807) is 6.20 Å². The predicted molar refractivity (Wildman–Crippen MR) is 102 cm³/mol. The summed E-state index contributed by atoms with van der Waals surface area (Å²) in [5.41, 5.74) is 2.18. The van der Waals surface area contributed by atoms with E-state index in [2.05, 4.69) is 45.2 Å². The van der Waals surface area contributed by atoms with Crippen LogP contribution in [0.5, 0.6) is 0 Å². The molecule has 6 heteroatoms. The Morgan fingerprint density at radius 1 is 1.12 bits per heavy atom. The molecule has 1 fully saturated rings. The van der Waals surface area contributed by atoms with Gasteiger partial charge in [0.2, 0.25) is 0 Å². The van der Waals surface area contributed by atoms with Crippen molar-refractivity contribution in [3.8, 4) is 5.69 Å². The summed E-state index contributed by atoms with van der Waals surface area (Å²) >= 11 is 0. The zero-order valence-electron chi connectivity index (χ0n) is 15.1. The molecule has 2 aromatic heterocycles. The third-order valence-electron chi connectivity index (χ3n) is 4.98. The van der Waals surface area contributed by atoms with Gasteiger partial charge in [-0.05, 0) is 50.2 Å². The average Bonchev–Trinajstić information content (AvgIpc) is 3.18. The van der Waals surface area contributed by atoms with Crippen molar-refractivity contribution in [3.05, 3.63) is 66.6 Å². The number of benzene rings is 1. The number of hydrogen-bond acceptors (Lipinski definition) is 5. The smallest absolute Gasteiger partial charge is 0.151 e. The third-order valence-corrected chi connectivity index (χ3v) is 4.98. The van der Waals surface area contributed by atoms with Crippen molar-refractivity contribution < 1.29 is 0 Å². The normalized spacial score (nSPS) is 17.6. The highest BCUT2D eigenvalue weighted by molar-refractivity contribution is 5.37. The van der Waals surface area contributed by atoms with Crippen LogP contribution in [-0.2, 0) is 6.54 Å². The van der Waals surface area contributed by atoms with Gasteiger partial charge in [-0.15, -0.1) is 5.10 Å².